The molecule has 0 N–H and O–H groups in total. The van der Waals surface area contributed by atoms with Crippen LogP contribution >= 0.6 is 0 Å². The molecule has 0 unspecified atom stereocenters. The third kappa shape index (κ3) is 5.75. The van der Waals surface area contributed by atoms with Crippen LogP contribution in [0.5, 0.6) is 0 Å². The fraction of sp³-hybridized carbons (Fsp3) is 0.220. The topological polar surface area (TPSA) is 7.65 Å². The van der Waals surface area contributed by atoms with Gasteiger partial charge >= 0.3 is 0 Å². The van der Waals surface area contributed by atoms with E-state index >= 15 is 0 Å². The molecule has 2 heteroatoms. The molecule has 61 heavy (non-hydrogen) atoms. The van der Waals surface area contributed by atoms with Crippen LogP contribution in [0, 0.1) is 0 Å². The van der Waals surface area contributed by atoms with E-state index in [1.54, 1.807) is 0 Å². The Bertz CT molecular complexity index is 3170. The Morgan fingerprint density at radius 1 is 0.508 bits per heavy atom. The minimum Gasteiger partial charge on any atom is -0.308 e. The molecule has 304 valence electrons. The normalized spacial score (nSPS) is 14.2. The van der Waals surface area contributed by atoms with Crippen molar-refractivity contribution >= 4 is 50.5 Å². The molecule has 2 aromatic heterocycles. The smallest absolute Gasteiger partial charge is 0.0779 e. The zero-order valence-electron chi connectivity index (χ0n) is 37.6. The maximum atomic E-state index is 2.55. The largest absolute Gasteiger partial charge is 0.308 e. The van der Waals surface area contributed by atoms with Crippen molar-refractivity contribution in [3.05, 3.63) is 185 Å². The SMILES string of the molecule is C/C=c1/c2ccccc2n2c1c(CC)c1cccc(N(c3ccc(-c4cccc5c4C(C)(C)c4ccccc4-5)cc3)c3ccc4c(c3)-c3ccccc3C4(C)C)c12.CC.CC. The third-order valence-corrected chi connectivity index (χ3v) is 13.5. The summed E-state index contributed by atoms with van der Waals surface area (Å²) in [4.78, 5) is 2.51. The van der Waals surface area contributed by atoms with Crippen LogP contribution in [-0.2, 0) is 17.3 Å². The summed E-state index contributed by atoms with van der Waals surface area (Å²) < 4.78 is 2.55. The highest BCUT2D eigenvalue weighted by Crippen LogP contribution is 2.54. The van der Waals surface area contributed by atoms with E-state index in [1.807, 2.05) is 27.7 Å². The summed E-state index contributed by atoms with van der Waals surface area (Å²) in [6, 6.07) is 57.1. The number of rotatable bonds is 5. The average molecular weight is 795 g/mol. The highest BCUT2D eigenvalue weighted by molar-refractivity contribution is 6.08. The Morgan fingerprint density at radius 3 is 1.77 bits per heavy atom. The Kier molecular flexibility index (Phi) is 10.0. The van der Waals surface area contributed by atoms with Gasteiger partial charge in [0.25, 0.3) is 0 Å². The predicted octanol–water partition coefficient (Wildman–Crippen LogP) is 16.1. The molecule has 0 aliphatic heterocycles. The standard InChI is InChI=1S/C55H46N2.2C2H6/c1-7-37-42-19-11-14-25-49(42)57-52(37)38(8-2)44-22-16-26-50(53(44)57)56(36-31-32-48-45(33-36)41-18-10-12-23-46(41)54(48,3)4)35-29-27-34(28-30-35)39-20-15-21-43-40-17-9-13-24-47(40)55(5,6)51(39)43;2*1-2/h7,9-33H,8H2,1-6H3;2*1-2H3/b37-7-;;. The monoisotopic (exact) mass is 794 g/mol. The average Bonchev–Trinajstić information content (AvgIpc) is 3.96. The summed E-state index contributed by atoms with van der Waals surface area (Å²) in [5.74, 6) is 0. The summed E-state index contributed by atoms with van der Waals surface area (Å²) in [5.41, 5.74) is 22.0. The van der Waals surface area contributed by atoms with E-state index in [0.717, 1.165) is 17.8 Å². The van der Waals surface area contributed by atoms with Crippen LogP contribution in [0.1, 0.15) is 97.1 Å². The summed E-state index contributed by atoms with van der Waals surface area (Å²) >= 11 is 0. The highest BCUT2D eigenvalue weighted by atomic mass is 15.2. The Hall–Kier alpha value is -6.38. The molecule has 2 aliphatic carbocycles. The van der Waals surface area contributed by atoms with Gasteiger partial charge in [-0.3, -0.25) is 0 Å². The van der Waals surface area contributed by atoms with Crippen molar-refractivity contribution in [2.45, 2.75) is 86.5 Å². The Labute approximate surface area is 362 Å². The number of nitrogens with zero attached hydrogens (tertiary/aromatic N) is 2. The van der Waals surface area contributed by atoms with Gasteiger partial charge in [0.15, 0.2) is 0 Å². The van der Waals surface area contributed by atoms with Gasteiger partial charge in [-0.1, -0.05) is 184 Å². The molecule has 0 saturated heterocycles. The Balaban J connectivity index is 0.00000116. The second-order valence-corrected chi connectivity index (χ2v) is 17.1. The van der Waals surface area contributed by atoms with E-state index in [-0.39, 0.29) is 10.8 Å². The molecule has 0 fully saturated rings. The lowest BCUT2D eigenvalue weighted by molar-refractivity contribution is 0.660. The van der Waals surface area contributed by atoms with Crippen LogP contribution in [-0.4, -0.2) is 4.40 Å². The number of anilines is 3. The van der Waals surface area contributed by atoms with Gasteiger partial charge < -0.3 is 9.30 Å². The van der Waals surface area contributed by atoms with E-state index in [9.17, 15) is 0 Å². The Morgan fingerprint density at radius 2 is 1.07 bits per heavy atom. The van der Waals surface area contributed by atoms with Gasteiger partial charge in [-0.25, -0.2) is 0 Å². The molecule has 2 aliphatic rings. The van der Waals surface area contributed by atoms with Crippen molar-refractivity contribution in [3.8, 4) is 33.4 Å². The number of aromatic nitrogens is 1. The van der Waals surface area contributed by atoms with Gasteiger partial charge in [0, 0.05) is 38.2 Å². The van der Waals surface area contributed by atoms with Crippen LogP contribution in [0.3, 0.4) is 0 Å². The second kappa shape index (κ2) is 15.3. The van der Waals surface area contributed by atoms with E-state index < -0.39 is 0 Å². The number of hydrogen-bond donors (Lipinski definition) is 0. The lowest BCUT2D eigenvalue weighted by Crippen LogP contribution is -2.16. The molecular weight excluding hydrogens is 737 g/mol. The van der Waals surface area contributed by atoms with Gasteiger partial charge in [-0.05, 0) is 111 Å². The van der Waals surface area contributed by atoms with E-state index in [2.05, 4.69) is 209 Å². The first-order valence-electron chi connectivity index (χ1n) is 22.5. The van der Waals surface area contributed by atoms with Crippen molar-refractivity contribution in [1.29, 1.82) is 0 Å². The molecule has 0 spiro atoms. The van der Waals surface area contributed by atoms with Crippen LogP contribution in [0.25, 0.3) is 66.8 Å². The van der Waals surface area contributed by atoms with Crippen molar-refractivity contribution in [3.63, 3.8) is 0 Å². The second-order valence-electron chi connectivity index (χ2n) is 17.1. The van der Waals surface area contributed by atoms with Crippen molar-refractivity contribution in [1.82, 2.24) is 4.40 Å². The highest BCUT2D eigenvalue weighted by Gasteiger charge is 2.38. The minimum atomic E-state index is -0.0915. The van der Waals surface area contributed by atoms with Crippen LogP contribution < -0.4 is 10.1 Å². The van der Waals surface area contributed by atoms with E-state index in [0.29, 0.717) is 0 Å². The summed E-state index contributed by atoms with van der Waals surface area (Å²) in [5, 5.41) is 3.93. The molecule has 2 heterocycles. The van der Waals surface area contributed by atoms with Gasteiger partial charge in [0.2, 0.25) is 0 Å². The quantitative estimate of drug-likeness (QED) is 0.168. The maximum Gasteiger partial charge on any atom is 0.0779 e. The van der Waals surface area contributed by atoms with Crippen molar-refractivity contribution in [2.75, 3.05) is 4.90 Å². The first-order chi connectivity index (χ1) is 29.7. The molecule has 7 aromatic carbocycles. The summed E-state index contributed by atoms with van der Waals surface area (Å²) in [6.07, 6.45) is 3.25. The van der Waals surface area contributed by atoms with Crippen molar-refractivity contribution in [2.24, 2.45) is 0 Å². The molecule has 0 saturated carbocycles. The third-order valence-electron chi connectivity index (χ3n) is 13.5. The fourth-order valence-electron chi connectivity index (χ4n) is 10.9. The van der Waals surface area contributed by atoms with Crippen LogP contribution in [0.2, 0.25) is 0 Å². The minimum absolute atomic E-state index is 0.0642. The lowest BCUT2D eigenvalue weighted by Gasteiger charge is -2.28. The molecule has 0 amide bonds. The van der Waals surface area contributed by atoms with Gasteiger partial charge in [0.05, 0.1) is 22.2 Å². The molecule has 0 atom stereocenters. The van der Waals surface area contributed by atoms with Crippen LogP contribution in [0.4, 0.5) is 17.1 Å². The number of fused-ring (bicyclic) bond motifs is 11. The number of hydrogen-bond acceptors (Lipinski definition) is 1. The molecule has 11 rings (SSSR count). The number of aryl methyl sites for hydroxylation is 1. The van der Waals surface area contributed by atoms with Gasteiger partial charge in [-0.15, -0.1) is 0 Å². The maximum absolute atomic E-state index is 2.55. The van der Waals surface area contributed by atoms with E-state index in [1.165, 1.54) is 99.4 Å². The number of para-hydroxylation sites is 2. The predicted molar refractivity (Wildman–Crippen MR) is 265 cm³/mol. The first kappa shape index (κ1) is 40.0. The molecule has 9 aromatic rings. The molecular formula is C59H58N2. The van der Waals surface area contributed by atoms with Gasteiger partial charge in [-0.2, -0.15) is 0 Å². The first-order valence-corrected chi connectivity index (χ1v) is 22.5. The zero-order valence-corrected chi connectivity index (χ0v) is 37.6. The van der Waals surface area contributed by atoms with Crippen molar-refractivity contribution < 1.29 is 0 Å². The summed E-state index contributed by atoms with van der Waals surface area (Å²) in [6.45, 7) is 22.0. The van der Waals surface area contributed by atoms with Crippen LogP contribution in [0.15, 0.2) is 152 Å². The molecule has 0 radical (unpaired) electrons. The van der Waals surface area contributed by atoms with Gasteiger partial charge in [0.1, 0.15) is 0 Å². The van der Waals surface area contributed by atoms with E-state index in [4.69, 9.17) is 0 Å². The summed E-state index contributed by atoms with van der Waals surface area (Å²) in [7, 11) is 0. The molecule has 2 nitrogen and oxygen atoms in total. The fourth-order valence-corrected chi connectivity index (χ4v) is 10.9. The number of benzene rings is 7. The zero-order chi connectivity index (χ0) is 42.8. The lowest BCUT2D eigenvalue weighted by atomic mass is 9.79. The molecule has 0 bridgehead atoms.